The number of rotatable bonds is 0. The number of hydrogen-bond acceptors (Lipinski definition) is 3. The van der Waals surface area contributed by atoms with Crippen LogP contribution in [0.15, 0.2) is 11.3 Å². The van der Waals surface area contributed by atoms with Crippen LogP contribution in [-0.2, 0) is 4.79 Å². The summed E-state index contributed by atoms with van der Waals surface area (Å²) in [7, 11) is 0. The van der Waals surface area contributed by atoms with Gasteiger partial charge in [-0.2, -0.15) is 0 Å². The summed E-state index contributed by atoms with van der Waals surface area (Å²) in [5.41, 5.74) is 0.594. The number of aliphatic hydroxyl groups excluding tert-OH is 1. The molecule has 4 aliphatic carbocycles. The Morgan fingerprint density at radius 2 is 1.77 bits per heavy atom. The Balaban J connectivity index is 1.67. The summed E-state index contributed by atoms with van der Waals surface area (Å²) in [4.78, 5) is 11.8. The number of fused-ring (bicyclic) bond motifs is 5. The van der Waals surface area contributed by atoms with E-state index >= 15 is 0 Å². The van der Waals surface area contributed by atoms with Crippen molar-refractivity contribution < 1.29 is 15.0 Å². The number of aliphatic hydroxyl groups is 2. The molecule has 3 heteroatoms. The predicted molar refractivity (Wildman–Crippen MR) is 84.3 cm³/mol. The highest BCUT2D eigenvalue weighted by Gasteiger charge is 2.60. The molecule has 3 nitrogen and oxygen atoms in total. The zero-order valence-corrected chi connectivity index (χ0v) is 13.8. The molecule has 6 unspecified atom stereocenters. The van der Waals surface area contributed by atoms with Gasteiger partial charge in [0.2, 0.25) is 0 Å². The molecule has 122 valence electrons. The molecule has 3 saturated carbocycles. The maximum absolute atomic E-state index is 11.8. The summed E-state index contributed by atoms with van der Waals surface area (Å²) < 4.78 is 0. The second-order valence-corrected chi connectivity index (χ2v) is 8.68. The normalized spacial score (nSPS) is 51.3. The minimum absolute atomic E-state index is 0.0471. The average Bonchev–Trinajstić information content (AvgIpc) is 2.73. The van der Waals surface area contributed by atoms with E-state index < -0.39 is 5.60 Å². The Labute approximate surface area is 132 Å². The summed E-state index contributed by atoms with van der Waals surface area (Å²) >= 11 is 0. The lowest BCUT2D eigenvalue weighted by Gasteiger charge is -2.55. The van der Waals surface area contributed by atoms with Gasteiger partial charge in [-0.05, 0) is 86.5 Å². The molecule has 3 fully saturated rings. The van der Waals surface area contributed by atoms with Crippen molar-refractivity contribution >= 4 is 5.78 Å². The first-order chi connectivity index (χ1) is 10.3. The molecule has 22 heavy (non-hydrogen) atoms. The van der Waals surface area contributed by atoms with Gasteiger partial charge in [-0.1, -0.05) is 6.92 Å². The Bertz CT molecular complexity index is 547. The van der Waals surface area contributed by atoms with Gasteiger partial charge < -0.3 is 10.2 Å². The second-order valence-electron chi connectivity index (χ2n) is 8.68. The number of Topliss-reactive ketones (excluding diaryl/α,β-unsaturated/α-hetero) is 1. The van der Waals surface area contributed by atoms with Crippen LogP contribution in [0.4, 0.5) is 0 Å². The number of carbonyl (C=O) groups is 1. The van der Waals surface area contributed by atoms with Crippen molar-refractivity contribution in [2.75, 3.05) is 0 Å². The highest BCUT2D eigenvalue weighted by Crippen LogP contribution is 2.64. The molecular weight excluding hydrogens is 276 g/mol. The third-order valence-corrected chi connectivity index (χ3v) is 8.02. The van der Waals surface area contributed by atoms with E-state index in [9.17, 15) is 15.0 Å². The van der Waals surface area contributed by atoms with Crippen molar-refractivity contribution in [2.45, 2.75) is 70.8 Å². The molecule has 0 bridgehead atoms. The second kappa shape index (κ2) is 4.59. The molecule has 0 aromatic heterocycles. The van der Waals surface area contributed by atoms with Crippen molar-refractivity contribution in [3.8, 4) is 0 Å². The Hall–Kier alpha value is -0.830. The van der Waals surface area contributed by atoms with Crippen LogP contribution in [0.5, 0.6) is 0 Å². The first-order valence-electron chi connectivity index (χ1n) is 9.03. The fourth-order valence-corrected chi connectivity index (χ4v) is 6.51. The largest absolute Gasteiger partial charge is 0.504 e. The minimum Gasteiger partial charge on any atom is -0.504 e. The van der Waals surface area contributed by atoms with Crippen LogP contribution in [0.3, 0.4) is 0 Å². The molecule has 0 aliphatic heterocycles. The lowest BCUT2D eigenvalue weighted by molar-refractivity contribution is -0.121. The summed E-state index contributed by atoms with van der Waals surface area (Å²) in [5.74, 6) is 2.37. The third-order valence-electron chi connectivity index (χ3n) is 8.02. The number of allylic oxidation sites excluding steroid dienone is 1. The molecule has 4 rings (SSSR count). The Kier molecular flexibility index (Phi) is 3.08. The van der Waals surface area contributed by atoms with E-state index in [4.69, 9.17) is 0 Å². The molecule has 6 atom stereocenters. The predicted octanol–water partition coefficient (Wildman–Crippen LogP) is 3.76. The van der Waals surface area contributed by atoms with Gasteiger partial charge in [0, 0.05) is 6.42 Å². The third kappa shape index (κ3) is 1.75. The van der Waals surface area contributed by atoms with Gasteiger partial charge in [0.1, 0.15) is 0 Å². The molecule has 0 spiro atoms. The van der Waals surface area contributed by atoms with Gasteiger partial charge in [0.05, 0.1) is 5.60 Å². The smallest absolute Gasteiger partial charge is 0.197 e. The zero-order chi connectivity index (χ0) is 15.7. The fourth-order valence-electron chi connectivity index (χ4n) is 6.51. The molecule has 0 amide bonds. The number of ketones is 1. The summed E-state index contributed by atoms with van der Waals surface area (Å²) in [5, 5.41) is 21.0. The van der Waals surface area contributed by atoms with Gasteiger partial charge in [-0.25, -0.2) is 0 Å². The monoisotopic (exact) mass is 304 g/mol. The van der Waals surface area contributed by atoms with E-state index in [1.165, 1.54) is 0 Å². The summed E-state index contributed by atoms with van der Waals surface area (Å²) in [6, 6.07) is 0. The van der Waals surface area contributed by atoms with E-state index in [2.05, 4.69) is 6.92 Å². The van der Waals surface area contributed by atoms with Gasteiger partial charge in [0.25, 0.3) is 0 Å². The quantitative estimate of drug-likeness (QED) is 0.716. The van der Waals surface area contributed by atoms with Crippen LogP contribution < -0.4 is 0 Å². The van der Waals surface area contributed by atoms with Crippen molar-refractivity contribution in [3.05, 3.63) is 11.3 Å². The first-order valence-corrected chi connectivity index (χ1v) is 9.03. The van der Waals surface area contributed by atoms with E-state index in [0.717, 1.165) is 50.5 Å². The topological polar surface area (TPSA) is 57.5 Å². The minimum atomic E-state index is -0.524. The van der Waals surface area contributed by atoms with Gasteiger partial charge in [-0.15, -0.1) is 0 Å². The first kappa shape index (κ1) is 14.7. The zero-order valence-electron chi connectivity index (χ0n) is 13.8. The van der Waals surface area contributed by atoms with Crippen LogP contribution in [0.2, 0.25) is 0 Å². The van der Waals surface area contributed by atoms with Gasteiger partial charge in [0.15, 0.2) is 11.5 Å². The molecule has 0 aromatic carbocycles. The number of carbonyl (C=O) groups excluding carboxylic acids is 1. The van der Waals surface area contributed by atoms with Crippen molar-refractivity contribution in [2.24, 2.45) is 29.1 Å². The standard InChI is InChI=1S/C19H28O3/c1-18-9-7-12-11-5-6-16(20)17(21)14(11)4-3-13(12)15(18)8-10-19(18,2)22/h11-13,15,21-22H,3-10H2,1-2H3. The maximum atomic E-state index is 11.8. The molecule has 0 heterocycles. The highest BCUT2D eigenvalue weighted by molar-refractivity contribution is 5.94. The molecule has 2 N–H and O–H groups in total. The molecular formula is C19H28O3. The molecule has 4 aliphatic rings. The highest BCUT2D eigenvalue weighted by atomic mass is 16.3. The van der Waals surface area contributed by atoms with Crippen LogP contribution in [0, 0.1) is 29.1 Å². The summed E-state index contributed by atoms with van der Waals surface area (Å²) in [6.45, 7) is 4.33. The average molecular weight is 304 g/mol. The number of hydrogen-bond donors (Lipinski definition) is 2. The molecule has 0 aromatic rings. The van der Waals surface area contributed by atoms with Crippen LogP contribution in [0.25, 0.3) is 0 Å². The maximum Gasteiger partial charge on any atom is 0.197 e. The molecule has 0 radical (unpaired) electrons. The Morgan fingerprint density at radius 3 is 2.55 bits per heavy atom. The SMILES string of the molecule is CC1(O)CCC2C3CCC4=C(O)C(=O)CCC4C3CCC21C. The van der Waals surface area contributed by atoms with Crippen molar-refractivity contribution in [1.29, 1.82) is 0 Å². The van der Waals surface area contributed by atoms with E-state index in [1.54, 1.807) is 0 Å². The molecule has 0 saturated heterocycles. The fraction of sp³-hybridized carbons (Fsp3) is 0.842. The summed E-state index contributed by atoms with van der Waals surface area (Å²) in [6.07, 6.45) is 7.72. The van der Waals surface area contributed by atoms with Crippen LogP contribution in [0.1, 0.15) is 65.2 Å². The van der Waals surface area contributed by atoms with Crippen LogP contribution in [-0.4, -0.2) is 21.6 Å². The van der Waals surface area contributed by atoms with Gasteiger partial charge >= 0.3 is 0 Å². The Morgan fingerprint density at radius 1 is 1.00 bits per heavy atom. The van der Waals surface area contributed by atoms with Crippen molar-refractivity contribution in [3.63, 3.8) is 0 Å². The van der Waals surface area contributed by atoms with E-state index in [1.807, 2.05) is 6.92 Å². The van der Waals surface area contributed by atoms with E-state index in [0.29, 0.717) is 30.1 Å². The van der Waals surface area contributed by atoms with Crippen LogP contribution >= 0.6 is 0 Å². The lowest BCUT2D eigenvalue weighted by atomic mass is 9.50. The van der Waals surface area contributed by atoms with E-state index in [-0.39, 0.29) is 17.0 Å². The van der Waals surface area contributed by atoms with Crippen molar-refractivity contribution in [1.82, 2.24) is 0 Å². The lowest BCUT2D eigenvalue weighted by Crippen LogP contribution is -2.51. The van der Waals surface area contributed by atoms with Gasteiger partial charge in [-0.3, -0.25) is 4.79 Å².